The van der Waals surface area contributed by atoms with Gasteiger partial charge in [-0.3, -0.25) is 4.79 Å². The van der Waals surface area contributed by atoms with Crippen LogP contribution in [-0.4, -0.2) is 29.3 Å². The molecular formula is C12H13IN2O4S. The van der Waals surface area contributed by atoms with E-state index in [2.05, 4.69) is 27.7 Å². The lowest BCUT2D eigenvalue weighted by molar-refractivity contribution is 0.299. The number of aliphatic hydroxyl groups is 1. The quantitative estimate of drug-likeness (QED) is 0.735. The minimum atomic E-state index is -3.83. The molecule has 0 fully saturated rings. The Hall–Kier alpha value is -1.13. The van der Waals surface area contributed by atoms with Gasteiger partial charge in [0.2, 0.25) is 0 Å². The van der Waals surface area contributed by atoms with Crippen LogP contribution in [0.25, 0.3) is 0 Å². The van der Waals surface area contributed by atoms with Crippen molar-refractivity contribution in [2.24, 2.45) is 0 Å². The fourth-order valence-corrected chi connectivity index (χ4v) is 3.61. The van der Waals surface area contributed by atoms with Gasteiger partial charge < -0.3 is 5.11 Å². The van der Waals surface area contributed by atoms with Crippen molar-refractivity contribution in [1.29, 1.82) is 0 Å². The molecule has 0 saturated carbocycles. The van der Waals surface area contributed by atoms with Crippen LogP contribution in [-0.2, 0) is 16.4 Å². The molecule has 0 spiro atoms. The van der Waals surface area contributed by atoms with Crippen LogP contribution in [0.15, 0.2) is 34.0 Å². The average molecular weight is 408 g/mol. The van der Waals surface area contributed by atoms with Crippen molar-refractivity contribution >= 4 is 32.6 Å². The van der Waals surface area contributed by atoms with Crippen molar-refractivity contribution in [3.63, 3.8) is 0 Å². The molecule has 20 heavy (non-hydrogen) atoms. The predicted molar refractivity (Wildman–Crippen MR) is 82.3 cm³/mol. The minimum Gasteiger partial charge on any atom is -0.396 e. The molecule has 0 atom stereocenters. The number of benzene rings is 1. The third kappa shape index (κ3) is 2.67. The van der Waals surface area contributed by atoms with Crippen molar-refractivity contribution in [3.8, 4) is 0 Å². The lowest BCUT2D eigenvalue weighted by Gasteiger charge is -2.08. The van der Waals surface area contributed by atoms with E-state index in [-0.39, 0.29) is 23.5 Å². The monoisotopic (exact) mass is 408 g/mol. The summed E-state index contributed by atoms with van der Waals surface area (Å²) in [5.41, 5.74) is 0.0785. The molecule has 108 valence electrons. The minimum absolute atomic E-state index is 0.0998. The van der Waals surface area contributed by atoms with Gasteiger partial charge >= 0.3 is 0 Å². The highest BCUT2D eigenvalue weighted by molar-refractivity contribution is 14.1. The van der Waals surface area contributed by atoms with E-state index < -0.39 is 15.6 Å². The highest BCUT2D eigenvalue weighted by atomic mass is 127. The van der Waals surface area contributed by atoms with Gasteiger partial charge in [-0.05, 0) is 53.8 Å². The van der Waals surface area contributed by atoms with E-state index in [0.717, 1.165) is 7.66 Å². The summed E-state index contributed by atoms with van der Waals surface area (Å²) < 4.78 is 26.7. The lowest BCUT2D eigenvalue weighted by atomic mass is 10.2. The zero-order valence-electron chi connectivity index (χ0n) is 10.6. The Balaban J connectivity index is 2.58. The number of aliphatic hydroxyl groups excluding tert-OH is 1. The fraction of sp³-hybridized carbons (Fsp3) is 0.250. The summed E-state index contributed by atoms with van der Waals surface area (Å²) in [4.78, 5) is 11.8. The van der Waals surface area contributed by atoms with Crippen molar-refractivity contribution in [2.45, 2.75) is 18.2 Å². The first-order valence-corrected chi connectivity index (χ1v) is 8.32. The summed E-state index contributed by atoms with van der Waals surface area (Å²) in [6, 6.07) is 6.33. The van der Waals surface area contributed by atoms with Gasteiger partial charge in [0.05, 0.1) is 10.6 Å². The van der Waals surface area contributed by atoms with Crippen LogP contribution < -0.4 is 5.56 Å². The number of hydrogen-bond acceptors (Lipinski definition) is 4. The van der Waals surface area contributed by atoms with E-state index in [1.807, 2.05) is 0 Å². The molecule has 1 aromatic heterocycles. The summed E-state index contributed by atoms with van der Waals surface area (Å²) >= 11 is 2.08. The standard InChI is InChI=1S/C12H13IN2O4S/c1-8-11(6-7-16)12(17)14-15(8)20(18,19)10-4-2-9(13)3-5-10/h2-5,16H,6-7H2,1H3,(H,14,17). The number of H-pyrrole nitrogens is 1. The topological polar surface area (TPSA) is 92.2 Å². The fourth-order valence-electron chi connectivity index (χ4n) is 1.89. The van der Waals surface area contributed by atoms with Gasteiger partial charge in [0.15, 0.2) is 0 Å². The van der Waals surface area contributed by atoms with E-state index >= 15 is 0 Å². The molecular weight excluding hydrogens is 395 g/mol. The first-order chi connectivity index (χ1) is 9.37. The molecule has 0 saturated heterocycles. The summed E-state index contributed by atoms with van der Waals surface area (Å²) in [6.07, 6.45) is 0.121. The molecule has 0 aliphatic carbocycles. The maximum Gasteiger partial charge on any atom is 0.281 e. The van der Waals surface area contributed by atoms with E-state index in [0.29, 0.717) is 5.69 Å². The van der Waals surface area contributed by atoms with E-state index in [1.54, 1.807) is 12.1 Å². The van der Waals surface area contributed by atoms with Crippen molar-refractivity contribution < 1.29 is 13.5 Å². The molecule has 0 radical (unpaired) electrons. The van der Waals surface area contributed by atoms with Crippen molar-refractivity contribution in [1.82, 2.24) is 9.19 Å². The highest BCUT2D eigenvalue weighted by Gasteiger charge is 2.22. The number of aromatic nitrogens is 2. The van der Waals surface area contributed by atoms with Crippen LogP contribution in [0, 0.1) is 10.5 Å². The van der Waals surface area contributed by atoms with Gasteiger partial charge in [0.1, 0.15) is 0 Å². The van der Waals surface area contributed by atoms with Crippen LogP contribution in [0.5, 0.6) is 0 Å². The molecule has 0 aliphatic rings. The van der Waals surface area contributed by atoms with Gasteiger partial charge in [0, 0.05) is 22.2 Å². The third-order valence-electron chi connectivity index (χ3n) is 2.93. The SMILES string of the molecule is Cc1c(CCO)c(=O)[nH]n1S(=O)(=O)c1ccc(I)cc1. The Kier molecular flexibility index (Phi) is 4.35. The van der Waals surface area contributed by atoms with E-state index in [4.69, 9.17) is 5.11 Å². The van der Waals surface area contributed by atoms with Gasteiger partial charge in [-0.1, -0.05) is 0 Å². The number of hydrogen-bond donors (Lipinski definition) is 2. The smallest absolute Gasteiger partial charge is 0.281 e. The largest absolute Gasteiger partial charge is 0.396 e. The maximum atomic E-state index is 12.5. The van der Waals surface area contributed by atoms with Gasteiger partial charge in [-0.15, -0.1) is 0 Å². The molecule has 1 aromatic carbocycles. The second-order valence-electron chi connectivity index (χ2n) is 4.20. The van der Waals surface area contributed by atoms with Gasteiger partial charge in [0.25, 0.3) is 15.6 Å². The van der Waals surface area contributed by atoms with Crippen LogP contribution in [0.1, 0.15) is 11.3 Å². The van der Waals surface area contributed by atoms with Gasteiger partial charge in [-0.2, -0.15) is 12.5 Å². The summed E-state index contributed by atoms with van der Waals surface area (Å²) in [5.74, 6) is 0. The Morgan fingerprint density at radius 1 is 1.30 bits per heavy atom. The first kappa shape index (κ1) is 15.3. The molecule has 0 aliphatic heterocycles. The molecule has 6 nitrogen and oxygen atoms in total. The van der Waals surface area contributed by atoms with Crippen LogP contribution in [0.2, 0.25) is 0 Å². The Bertz CT molecular complexity index is 775. The number of rotatable bonds is 4. The molecule has 2 N–H and O–H groups in total. The van der Waals surface area contributed by atoms with E-state index in [9.17, 15) is 13.2 Å². The lowest BCUT2D eigenvalue weighted by Crippen LogP contribution is -2.17. The molecule has 0 unspecified atom stereocenters. The molecule has 8 heteroatoms. The molecule has 1 heterocycles. The number of aromatic amines is 1. The molecule has 0 bridgehead atoms. The maximum absolute atomic E-state index is 12.5. The zero-order chi connectivity index (χ0) is 14.9. The highest BCUT2D eigenvalue weighted by Crippen LogP contribution is 2.17. The number of halogens is 1. The Morgan fingerprint density at radius 3 is 2.45 bits per heavy atom. The first-order valence-electron chi connectivity index (χ1n) is 5.80. The molecule has 2 rings (SSSR count). The van der Waals surface area contributed by atoms with Gasteiger partial charge in [-0.25, -0.2) is 5.10 Å². The molecule has 2 aromatic rings. The number of nitrogens with zero attached hydrogens (tertiary/aromatic N) is 1. The normalized spacial score (nSPS) is 11.8. The summed E-state index contributed by atoms with van der Waals surface area (Å²) in [6.45, 7) is 1.32. The zero-order valence-corrected chi connectivity index (χ0v) is 13.6. The van der Waals surface area contributed by atoms with Crippen molar-refractivity contribution in [3.05, 3.63) is 49.4 Å². The van der Waals surface area contributed by atoms with Crippen LogP contribution in [0.3, 0.4) is 0 Å². The van der Waals surface area contributed by atoms with E-state index in [1.165, 1.54) is 19.1 Å². The van der Waals surface area contributed by atoms with Crippen LogP contribution in [0.4, 0.5) is 0 Å². The second kappa shape index (κ2) is 5.70. The summed E-state index contributed by atoms with van der Waals surface area (Å²) in [5, 5.41) is 11.2. The van der Waals surface area contributed by atoms with Crippen LogP contribution >= 0.6 is 22.6 Å². The third-order valence-corrected chi connectivity index (χ3v) is 5.37. The Morgan fingerprint density at radius 2 is 1.90 bits per heavy atom. The molecule has 0 amide bonds. The Labute approximate surface area is 129 Å². The van der Waals surface area contributed by atoms with Crippen molar-refractivity contribution in [2.75, 3.05) is 6.61 Å². The summed E-state index contributed by atoms with van der Waals surface area (Å²) in [7, 11) is -3.83. The predicted octanol–water partition coefficient (Wildman–Crippen LogP) is 0.861. The second-order valence-corrected chi connectivity index (χ2v) is 7.23. The number of nitrogens with one attached hydrogen (secondary N) is 1. The average Bonchev–Trinajstić information content (AvgIpc) is 2.68.